The molecule has 18 heavy (non-hydrogen) atoms. The summed E-state index contributed by atoms with van der Waals surface area (Å²) in [6, 6.07) is 2.06. The number of nitriles is 1. The van der Waals surface area contributed by atoms with Crippen LogP contribution >= 0.6 is 0 Å². The van der Waals surface area contributed by atoms with Crippen LogP contribution in [-0.4, -0.2) is 19.7 Å². The maximum atomic E-state index is 11.5. The van der Waals surface area contributed by atoms with E-state index in [4.69, 9.17) is 5.26 Å². The van der Waals surface area contributed by atoms with Gasteiger partial charge in [-0.2, -0.15) is 5.26 Å². The van der Waals surface area contributed by atoms with E-state index in [0.29, 0.717) is 30.9 Å². The van der Waals surface area contributed by atoms with Crippen LogP contribution in [0.25, 0.3) is 11.5 Å². The lowest BCUT2D eigenvalue weighted by Crippen LogP contribution is -2.15. The topological polar surface area (TPSA) is 97.6 Å². The zero-order chi connectivity index (χ0) is 12.8. The lowest BCUT2D eigenvalue weighted by atomic mass is 10.2. The van der Waals surface area contributed by atoms with Crippen molar-refractivity contribution >= 4 is 0 Å². The van der Waals surface area contributed by atoms with Gasteiger partial charge < -0.3 is 0 Å². The third kappa shape index (κ3) is 2.60. The predicted molar refractivity (Wildman–Crippen MR) is 61.3 cm³/mol. The highest BCUT2D eigenvalue weighted by Gasteiger charge is 2.13. The van der Waals surface area contributed by atoms with Crippen molar-refractivity contribution in [3.63, 3.8) is 0 Å². The fourth-order valence-corrected chi connectivity index (χ4v) is 1.54. The summed E-state index contributed by atoms with van der Waals surface area (Å²) in [4.78, 5) is 19.5. The highest BCUT2D eigenvalue weighted by atomic mass is 16.5. The van der Waals surface area contributed by atoms with Crippen molar-refractivity contribution < 1.29 is 4.52 Å². The van der Waals surface area contributed by atoms with E-state index in [9.17, 15) is 4.79 Å². The summed E-state index contributed by atoms with van der Waals surface area (Å²) < 4.78 is 6.04. The third-order valence-electron chi connectivity index (χ3n) is 2.40. The summed E-state index contributed by atoms with van der Waals surface area (Å²) in [5, 5.41) is 12.1. The van der Waals surface area contributed by atoms with Gasteiger partial charge in [0, 0.05) is 25.4 Å². The minimum Gasteiger partial charge on any atom is -0.295 e. The smallest absolute Gasteiger partial charge is 0.295 e. The van der Waals surface area contributed by atoms with Crippen LogP contribution < -0.4 is 5.76 Å². The average molecular weight is 245 g/mol. The molecule has 0 bridgehead atoms. The first-order valence-corrected chi connectivity index (χ1v) is 5.53. The molecular weight excluding hydrogens is 234 g/mol. The molecule has 0 spiro atoms. The first kappa shape index (κ1) is 12.0. The molecule has 0 aliphatic rings. The van der Waals surface area contributed by atoms with Gasteiger partial charge in [0.25, 0.3) is 0 Å². The fraction of sp³-hybridized carbons (Fsp3) is 0.364. The normalized spacial score (nSPS) is 10.2. The van der Waals surface area contributed by atoms with Crippen molar-refractivity contribution in [2.75, 3.05) is 0 Å². The molecule has 2 heterocycles. The second kappa shape index (κ2) is 5.72. The summed E-state index contributed by atoms with van der Waals surface area (Å²) in [6.07, 6.45) is 6.49. The van der Waals surface area contributed by atoms with Crippen molar-refractivity contribution in [1.82, 2.24) is 19.7 Å². The first-order valence-electron chi connectivity index (χ1n) is 5.53. The monoisotopic (exact) mass is 245 g/mol. The van der Waals surface area contributed by atoms with Gasteiger partial charge in [-0.3, -0.25) is 14.1 Å². The Morgan fingerprint density at radius 3 is 3.00 bits per heavy atom. The molecule has 0 fully saturated rings. The zero-order valence-electron chi connectivity index (χ0n) is 9.61. The second-order valence-corrected chi connectivity index (χ2v) is 3.63. The van der Waals surface area contributed by atoms with E-state index >= 15 is 0 Å². The summed E-state index contributed by atoms with van der Waals surface area (Å²) in [7, 11) is 0. The van der Waals surface area contributed by atoms with Crippen LogP contribution in [0.5, 0.6) is 0 Å². The van der Waals surface area contributed by atoms with Gasteiger partial charge in [0.2, 0.25) is 5.82 Å². The van der Waals surface area contributed by atoms with E-state index in [1.165, 1.54) is 17.0 Å². The minimum atomic E-state index is -0.521. The van der Waals surface area contributed by atoms with E-state index in [0.717, 1.165) is 6.42 Å². The van der Waals surface area contributed by atoms with Gasteiger partial charge in [-0.1, -0.05) is 5.16 Å². The van der Waals surface area contributed by atoms with Crippen LogP contribution in [0, 0.1) is 11.3 Å². The summed E-state index contributed by atoms with van der Waals surface area (Å²) in [6.45, 7) is 0.454. The first-order chi connectivity index (χ1) is 8.83. The van der Waals surface area contributed by atoms with Crippen LogP contribution in [0.2, 0.25) is 0 Å². The molecule has 0 aliphatic heterocycles. The minimum absolute atomic E-state index is 0.366. The number of aromatic nitrogens is 4. The van der Waals surface area contributed by atoms with Gasteiger partial charge in [-0.25, -0.2) is 9.78 Å². The Morgan fingerprint density at radius 2 is 2.28 bits per heavy atom. The summed E-state index contributed by atoms with van der Waals surface area (Å²) >= 11 is 0. The molecule has 0 unspecified atom stereocenters. The van der Waals surface area contributed by atoms with Crippen LogP contribution in [-0.2, 0) is 6.54 Å². The van der Waals surface area contributed by atoms with Crippen molar-refractivity contribution in [2.24, 2.45) is 0 Å². The Morgan fingerprint density at radius 1 is 1.39 bits per heavy atom. The number of rotatable bonds is 5. The molecule has 0 aromatic carbocycles. The molecular formula is C11H11N5O2. The highest BCUT2D eigenvalue weighted by molar-refractivity contribution is 5.46. The van der Waals surface area contributed by atoms with Gasteiger partial charge >= 0.3 is 5.76 Å². The predicted octanol–water partition coefficient (Wildman–Crippen LogP) is 0.987. The quantitative estimate of drug-likeness (QED) is 0.728. The molecule has 0 saturated carbocycles. The second-order valence-electron chi connectivity index (χ2n) is 3.63. The number of unbranched alkanes of at least 4 members (excludes halogenated alkanes) is 2. The molecule has 7 heteroatoms. The largest absolute Gasteiger partial charge is 0.441 e. The summed E-state index contributed by atoms with van der Waals surface area (Å²) in [5.41, 5.74) is 0.489. The Hall–Kier alpha value is -2.49. The highest BCUT2D eigenvalue weighted by Crippen LogP contribution is 2.11. The molecule has 92 valence electrons. The number of nitrogens with zero attached hydrogens (tertiary/aromatic N) is 5. The van der Waals surface area contributed by atoms with Gasteiger partial charge in [0.05, 0.1) is 12.3 Å². The van der Waals surface area contributed by atoms with Crippen LogP contribution in [0.3, 0.4) is 0 Å². The number of hydrogen-bond donors (Lipinski definition) is 0. The van der Waals surface area contributed by atoms with Crippen molar-refractivity contribution in [3.05, 3.63) is 29.1 Å². The zero-order valence-corrected chi connectivity index (χ0v) is 9.61. The molecule has 7 nitrogen and oxygen atoms in total. The Bertz CT molecular complexity index is 596. The molecule has 0 radical (unpaired) electrons. The van der Waals surface area contributed by atoms with Crippen molar-refractivity contribution in [2.45, 2.75) is 25.8 Å². The Balaban J connectivity index is 2.18. The lowest BCUT2D eigenvalue weighted by molar-refractivity contribution is 0.374. The maximum Gasteiger partial charge on any atom is 0.441 e. The molecule has 0 atom stereocenters. The SMILES string of the molecule is N#CCCCCn1c(-c2cnccn2)noc1=O. The third-order valence-corrected chi connectivity index (χ3v) is 2.40. The molecule has 2 rings (SSSR count). The van der Waals surface area contributed by atoms with E-state index in [-0.39, 0.29) is 0 Å². The van der Waals surface area contributed by atoms with Gasteiger partial charge in [0.15, 0.2) is 0 Å². The van der Waals surface area contributed by atoms with E-state index < -0.39 is 5.76 Å². The summed E-state index contributed by atoms with van der Waals surface area (Å²) in [5.74, 6) is -0.155. The maximum absolute atomic E-state index is 11.5. The van der Waals surface area contributed by atoms with E-state index in [2.05, 4.69) is 25.7 Å². The average Bonchev–Trinajstić information content (AvgIpc) is 2.77. The Labute approximate surface area is 103 Å². The Kier molecular flexibility index (Phi) is 3.81. The lowest BCUT2D eigenvalue weighted by Gasteiger charge is -2.02. The molecule has 2 aromatic rings. The fourth-order valence-electron chi connectivity index (χ4n) is 1.54. The standard InChI is InChI=1S/C11H11N5O2/c12-4-2-1-3-7-16-10(15-18-11(16)17)9-8-13-5-6-14-9/h5-6,8H,1-3,7H2. The molecule has 0 saturated heterocycles. The van der Waals surface area contributed by atoms with Gasteiger partial charge in [0.1, 0.15) is 5.69 Å². The molecule has 0 aliphatic carbocycles. The van der Waals surface area contributed by atoms with Crippen LogP contribution in [0.1, 0.15) is 19.3 Å². The molecule has 2 aromatic heterocycles. The van der Waals surface area contributed by atoms with Gasteiger partial charge in [-0.05, 0) is 12.8 Å². The van der Waals surface area contributed by atoms with E-state index in [1.54, 1.807) is 6.20 Å². The van der Waals surface area contributed by atoms with Crippen LogP contribution in [0.4, 0.5) is 0 Å². The van der Waals surface area contributed by atoms with Crippen molar-refractivity contribution in [1.29, 1.82) is 5.26 Å². The van der Waals surface area contributed by atoms with Gasteiger partial charge in [-0.15, -0.1) is 0 Å². The molecule has 0 amide bonds. The molecule has 0 N–H and O–H groups in total. The van der Waals surface area contributed by atoms with E-state index in [1.807, 2.05) is 0 Å². The van der Waals surface area contributed by atoms with Crippen molar-refractivity contribution in [3.8, 4) is 17.6 Å². The number of hydrogen-bond acceptors (Lipinski definition) is 6. The van der Waals surface area contributed by atoms with Crippen LogP contribution in [0.15, 0.2) is 27.9 Å².